The molecule has 1 rings (SSSR count). The summed E-state index contributed by atoms with van der Waals surface area (Å²) >= 11 is 5.73. The molecule has 1 aromatic rings. The van der Waals surface area contributed by atoms with Crippen molar-refractivity contribution in [2.45, 2.75) is 31.8 Å². The Labute approximate surface area is 117 Å². The summed E-state index contributed by atoms with van der Waals surface area (Å²) in [6, 6.07) is 3.82. The fraction of sp³-hybridized carbons (Fsp3) is 0.417. The van der Waals surface area contributed by atoms with Crippen LogP contribution >= 0.6 is 11.6 Å². The van der Waals surface area contributed by atoms with Gasteiger partial charge in [0.15, 0.2) is 0 Å². The second kappa shape index (κ2) is 5.90. The molecule has 1 unspecified atom stereocenters. The van der Waals surface area contributed by atoms with E-state index in [1.807, 2.05) is 13.8 Å². The molecule has 0 bridgehead atoms. The highest BCUT2D eigenvalue weighted by Crippen LogP contribution is 2.22. The van der Waals surface area contributed by atoms with E-state index < -0.39 is 16.0 Å². The molecule has 0 aliphatic rings. The molecule has 7 heteroatoms. The Morgan fingerprint density at radius 3 is 2.37 bits per heavy atom. The molecule has 5 nitrogen and oxygen atoms in total. The van der Waals surface area contributed by atoms with Gasteiger partial charge in [-0.05, 0) is 31.0 Å². The molecule has 2 N–H and O–H groups in total. The Bertz CT molecular complexity index is 583. The topological polar surface area (TPSA) is 86.5 Å². The summed E-state index contributed by atoms with van der Waals surface area (Å²) in [7, 11) is -3.97. The number of hydrogen-bond donors (Lipinski definition) is 1. The quantitative estimate of drug-likeness (QED) is 0.864. The number of rotatable bonds is 4. The Hall–Kier alpha value is -1.11. The van der Waals surface area contributed by atoms with E-state index in [0.717, 1.165) is 6.07 Å². The first-order valence-corrected chi connectivity index (χ1v) is 7.58. The van der Waals surface area contributed by atoms with Crippen LogP contribution in [0.15, 0.2) is 23.1 Å². The van der Waals surface area contributed by atoms with Crippen molar-refractivity contribution in [1.29, 1.82) is 0 Å². The van der Waals surface area contributed by atoms with Crippen LogP contribution in [0, 0.1) is 5.92 Å². The smallest absolute Gasteiger partial charge is 0.338 e. The fourth-order valence-electron chi connectivity index (χ4n) is 1.22. The molecule has 0 spiro atoms. The third-order valence-electron chi connectivity index (χ3n) is 2.71. The molecular weight excluding hydrogens is 290 g/mol. The lowest BCUT2D eigenvalue weighted by Crippen LogP contribution is -2.21. The number of halogens is 1. The van der Waals surface area contributed by atoms with E-state index in [2.05, 4.69) is 0 Å². The SMILES string of the molecule is CC(C)C(C)OC(=O)c1ccc(Cl)c(S(N)(=O)=O)c1. The molecule has 0 aliphatic carbocycles. The molecule has 0 aliphatic heterocycles. The minimum Gasteiger partial charge on any atom is -0.459 e. The van der Waals surface area contributed by atoms with Crippen LogP contribution in [0.3, 0.4) is 0 Å². The van der Waals surface area contributed by atoms with Gasteiger partial charge in [-0.15, -0.1) is 0 Å². The molecule has 0 saturated heterocycles. The van der Waals surface area contributed by atoms with Crippen LogP contribution in [0.4, 0.5) is 0 Å². The maximum Gasteiger partial charge on any atom is 0.338 e. The van der Waals surface area contributed by atoms with Gasteiger partial charge in [0.1, 0.15) is 11.0 Å². The van der Waals surface area contributed by atoms with Crippen molar-refractivity contribution in [3.05, 3.63) is 28.8 Å². The van der Waals surface area contributed by atoms with Gasteiger partial charge in [0.25, 0.3) is 0 Å². The minimum absolute atomic E-state index is 0.0315. The van der Waals surface area contributed by atoms with E-state index in [4.69, 9.17) is 21.5 Å². The van der Waals surface area contributed by atoms with Gasteiger partial charge < -0.3 is 4.74 Å². The average molecular weight is 306 g/mol. The number of benzene rings is 1. The molecule has 0 amide bonds. The van der Waals surface area contributed by atoms with Crippen molar-refractivity contribution in [2.24, 2.45) is 11.1 Å². The Morgan fingerprint density at radius 1 is 1.32 bits per heavy atom. The number of primary sulfonamides is 1. The predicted molar refractivity (Wildman–Crippen MR) is 72.5 cm³/mol. The predicted octanol–water partition coefficient (Wildman–Crippen LogP) is 2.19. The molecule has 1 aromatic carbocycles. The molecule has 0 saturated carbocycles. The minimum atomic E-state index is -3.97. The van der Waals surface area contributed by atoms with Gasteiger partial charge in [0.05, 0.1) is 10.6 Å². The lowest BCUT2D eigenvalue weighted by atomic mass is 10.1. The van der Waals surface area contributed by atoms with Crippen LogP contribution in [0.5, 0.6) is 0 Å². The first kappa shape index (κ1) is 15.9. The standard InChI is InChI=1S/C12H16ClNO4S/c1-7(2)8(3)18-12(15)9-4-5-10(13)11(6-9)19(14,16)17/h4-8H,1-3H3,(H2,14,16,17). The zero-order chi connectivity index (χ0) is 14.8. The van der Waals surface area contributed by atoms with Crippen molar-refractivity contribution in [3.8, 4) is 0 Å². The number of ether oxygens (including phenoxy) is 1. The van der Waals surface area contributed by atoms with Crippen molar-refractivity contribution < 1.29 is 17.9 Å². The average Bonchev–Trinajstić information content (AvgIpc) is 2.27. The van der Waals surface area contributed by atoms with E-state index >= 15 is 0 Å². The van der Waals surface area contributed by atoms with Crippen LogP contribution < -0.4 is 5.14 Å². The number of hydrogen-bond acceptors (Lipinski definition) is 4. The largest absolute Gasteiger partial charge is 0.459 e. The lowest BCUT2D eigenvalue weighted by molar-refractivity contribution is 0.0238. The maximum absolute atomic E-state index is 11.8. The first-order valence-electron chi connectivity index (χ1n) is 5.66. The maximum atomic E-state index is 11.8. The number of carbonyl (C=O) groups is 1. The zero-order valence-electron chi connectivity index (χ0n) is 10.9. The van der Waals surface area contributed by atoms with E-state index in [9.17, 15) is 13.2 Å². The Morgan fingerprint density at radius 2 is 1.89 bits per heavy atom. The summed E-state index contributed by atoms with van der Waals surface area (Å²) in [5.41, 5.74) is 0.0981. The summed E-state index contributed by atoms with van der Waals surface area (Å²) in [6.45, 7) is 5.59. The number of carbonyl (C=O) groups excluding carboxylic acids is 1. The second-order valence-corrected chi connectivity index (χ2v) is 6.48. The van der Waals surface area contributed by atoms with Crippen LogP contribution in [0.2, 0.25) is 5.02 Å². The van der Waals surface area contributed by atoms with Crippen molar-refractivity contribution in [2.75, 3.05) is 0 Å². The first-order chi connectivity index (χ1) is 8.62. The third kappa shape index (κ3) is 4.19. The lowest BCUT2D eigenvalue weighted by Gasteiger charge is -2.16. The molecule has 0 fully saturated rings. The number of nitrogens with two attached hydrogens (primary N) is 1. The number of esters is 1. The molecule has 0 radical (unpaired) electrons. The van der Waals surface area contributed by atoms with Gasteiger partial charge >= 0.3 is 5.97 Å². The molecular formula is C12H16ClNO4S. The van der Waals surface area contributed by atoms with Gasteiger partial charge in [-0.2, -0.15) is 0 Å². The molecule has 0 aromatic heterocycles. The van der Waals surface area contributed by atoms with Gasteiger partial charge in [-0.25, -0.2) is 18.4 Å². The number of sulfonamides is 1. The summed E-state index contributed by atoms with van der Waals surface area (Å²) in [6.07, 6.45) is -0.277. The van der Waals surface area contributed by atoms with Crippen LogP contribution in [0.25, 0.3) is 0 Å². The monoisotopic (exact) mass is 305 g/mol. The summed E-state index contributed by atoms with van der Waals surface area (Å²) in [4.78, 5) is 11.6. The third-order valence-corrected chi connectivity index (χ3v) is 4.10. The fourth-order valence-corrected chi connectivity index (χ4v) is 2.29. The van der Waals surface area contributed by atoms with Crippen LogP contribution in [-0.4, -0.2) is 20.5 Å². The van der Waals surface area contributed by atoms with Crippen LogP contribution in [0.1, 0.15) is 31.1 Å². The molecule has 106 valence electrons. The Kier molecular flexibility index (Phi) is 4.95. The highest BCUT2D eigenvalue weighted by Gasteiger charge is 2.19. The molecule has 0 heterocycles. The Balaban J connectivity index is 3.07. The highest BCUT2D eigenvalue weighted by atomic mass is 35.5. The van der Waals surface area contributed by atoms with E-state index in [-0.39, 0.29) is 27.5 Å². The van der Waals surface area contributed by atoms with Crippen molar-refractivity contribution in [1.82, 2.24) is 0 Å². The van der Waals surface area contributed by atoms with Gasteiger partial charge in [0.2, 0.25) is 10.0 Å². The van der Waals surface area contributed by atoms with Crippen molar-refractivity contribution >= 4 is 27.6 Å². The molecule has 19 heavy (non-hydrogen) atoms. The summed E-state index contributed by atoms with van der Waals surface area (Å²) < 4.78 is 27.8. The zero-order valence-corrected chi connectivity index (χ0v) is 12.5. The summed E-state index contributed by atoms with van der Waals surface area (Å²) in [5.74, 6) is -0.447. The highest BCUT2D eigenvalue weighted by molar-refractivity contribution is 7.89. The second-order valence-electron chi connectivity index (χ2n) is 4.54. The van der Waals surface area contributed by atoms with E-state index in [1.54, 1.807) is 6.92 Å². The van der Waals surface area contributed by atoms with Gasteiger partial charge in [-0.1, -0.05) is 25.4 Å². The summed E-state index contributed by atoms with van der Waals surface area (Å²) in [5, 5.41) is 4.98. The molecule has 1 atom stereocenters. The van der Waals surface area contributed by atoms with Gasteiger partial charge in [-0.3, -0.25) is 0 Å². The van der Waals surface area contributed by atoms with Crippen LogP contribution in [-0.2, 0) is 14.8 Å². The normalized spacial score (nSPS) is 13.4. The van der Waals surface area contributed by atoms with Crippen molar-refractivity contribution in [3.63, 3.8) is 0 Å². The van der Waals surface area contributed by atoms with Gasteiger partial charge in [0, 0.05) is 0 Å². The van der Waals surface area contributed by atoms with E-state index in [0.29, 0.717) is 0 Å². The van der Waals surface area contributed by atoms with E-state index in [1.165, 1.54) is 12.1 Å².